The number of carbonyl (C=O) groups excluding carboxylic acids is 2. The van der Waals surface area contributed by atoms with E-state index in [2.05, 4.69) is 0 Å². The molecule has 0 aliphatic carbocycles. The predicted molar refractivity (Wildman–Crippen MR) is 250 cm³/mol. The molecule has 2 amide bonds. The van der Waals surface area contributed by atoms with Crippen LogP contribution in [0.3, 0.4) is 0 Å². The van der Waals surface area contributed by atoms with Crippen molar-refractivity contribution in [2.75, 3.05) is 9.80 Å². The van der Waals surface area contributed by atoms with Crippen LogP contribution < -0.4 is 14.5 Å². The number of hydrogen-bond donors (Lipinski definition) is 2. The van der Waals surface area contributed by atoms with Gasteiger partial charge in [0, 0.05) is 11.4 Å². The lowest BCUT2D eigenvalue weighted by molar-refractivity contribution is -0.131. The average Bonchev–Trinajstić information content (AvgIpc) is 3.34. The van der Waals surface area contributed by atoms with Crippen LogP contribution in [0.5, 0.6) is 5.75 Å². The number of rotatable bonds is 15. The zero-order valence-corrected chi connectivity index (χ0v) is 36.8. The van der Waals surface area contributed by atoms with Crippen molar-refractivity contribution >= 4 is 23.2 Å². The Labute approximate surface area is 387 Å². The highest BCUT2D eigenvalue weighted by atomic mass is 19.1. The number of carbonyl (C=O) groups is 2. The van der Waals surface area contributed by atoms with Crippen molar-refractivity contribution in [1.29, 1.82) is 0 Å². The van der Waals surface area contributed by atoms with Gasteiger partial charge in [0.25, 0.3) is 0 Å². The van der Waals surface area contributed by atoms with Gasteiger partial charge in [-0.1, -0.05) is 96.6 Å². The van der Waals surface area contributed by atoms with Gasteiger partial charge in [-0.25, -0.2) is 17.6 Å². The smallest absolute Gasteiger partial charge is 0.233 e. The van der Waals surface area contributed by atoms with Gasteiger partial charge >= 0.3 is 0 Å². The van der Waals surface area contributed by atoms with Gasteiger partial charge in [-0.2, -0.15) is 0 Å². The molecule has 342 valence electrons. The van der Waals surface area contributed by atoms with E-state index in [1.807, 2.05) is 85.8 Å². The third kappa shape index (κ3) is 11.0. The molecule has 0 bridgehead atoms. The highest BCUT2D eigenvalue weighted by Gasteiger charge is 2.49. The van der Waals surface area contributed by atoms with Gasteiger partial charge in [0.15, 0.2) is 0 Å². The molecule has 11 heteroatoms. The van der Waals surface area contributed by atoms with Crippen molar-refractivity contribution in [3.8, 4) is 5.75 Å². The minimum absolute atomic E-state index is 0.0431. The summed E-state index contributed by atoms with van der Waals surface area (Å²) in [6.45, 7) is 2.46. The quantitative estimate of drug-likeness (QED) is 0.0790. The number of ether oxygens (including phenoxy) is 1. The molecule has 0 aromatic heterocycles. The molecule has 0 spiro atoms. The summed E-state index contributed by atoms with van der Waals surface area (Å²) in [6.07, 6.45) is 0.120. The summed E-state index contributed by atoms with van der Waals surface area (Å²) in [5.74, 6) is -1.47. The van der Waals surface area contributed by atoms with E-state index >= 15 is 0 Å². The lowest BCUT2D eigenvalue weighted by Crippen LogP contribution is -2.55. The van der Waals surface area contributed by atoms with Crippen molar-refractivity contribution in [2.24, 2.45) is 11.8 Å². The number of aliphatic hydroxyl groups excluding tert-OH is 2. The molecule has 9 rings (SSSR count). The maximum atomic E-state index is 13.5. The second kappa shape index (κ2) is 21.0. The van der Waals surface area contributed by atoms with Gasteiger partial charge in [-0.05, 0) is 145 Å². The van der Waals surface area contributed by atoms with Crippen LogP contribution >= 0.6 is 0 Å². The van der Waals surface area contributed by atoms with Crippen molar-refractivity contribution in [3.63, 3.8) is 0 Å². The third-order valence-corrected chi connectivity index (χ3v) is 12.5. The minimum atomic E-state index is -0.803. The maximum Gasteiger partial charge on any atom is 0.233 e. The number of β-lactam (4-membered cyclic amide) rings is 2. The zero-order chi connectivity index (χ0) is 47.0. The monoisotopic (exact) mass is 906 g/mol. The first kappa shape index (κ1) is 46.4. The molecule has 2 heterocycles. The van der Waals surface area contributed by atoms with Crippen LogP contribution in [0, 0.1) is 42.0 Å². The van der Waals surface area contributed by atoms with Crippen molar-refractivity contribution in [3.05, 3.63) is 233 Å². The van der Waals surface area contributed by atoms with Crippen LogP contribution in [0.15, 0.2) is 176 Å². The van der Waals surface area contributed by atoms with Gasteiger partial charge in [-0.3, -0.25) is 9.59 Å². The Morgan fingerprint density at radius 3 is 1.27 bits per heavy atom. The molecule has 0 saturated carbocycles. The number of nitrogens with zero attached hydrogens (tertiary/aromatic N) is 2. The van der Waals surface area contributed by atoms with E-state index in [1.54, 1.807) is 58.3 Å². The first-order valence-electron chi connectivity index (χ1n) is 22.3. The molecular formula is C56H50F4N2O5. The average molecular weight is 907 g/mol. The molecule has 2 aliphatic rings. The summed E-state index contributed by atoms with van der Waals surface area (Å²) in [4.78, 5) is 29.6. The molecule has 2 N–H and O–H groups in total. The van der Waals surface area contributed by atoms with E-state index in [4.69, 9.17) is 4.74 Å². The van der Waals surface area contributed by atoms with E-state index in [9.17, 15) is 37.4 Å². The summed E-state index contributed by atoms with van der Waals surface area (Å²) in [5, 5.41) is 21.1. The molecule has 2 fully saturated rings. The van der Waals surface area contributed by atoms with Crippen molar-refractivity contribution < 1.29 is 42.1 Å². The zero-order valence-electron chi connectivity index (χ0n) is 36.8. The largest absolute Gasteiger partial charge is 0.489 e. The van der Waals surface area contributed by atoms with E-state index in [-0.39, 0.29) is 59.0 Å². The number of hydrogen-bond acceptors (Lipinski definition) is 5. The third-order valence-electron chi connectivity index (χ3n) is 12.5. The van der Waals surface area contributed by atoms with Crippen LogP contribution in [0.1, 0.15) is 83.4 Å². The second-order valence-corrected chi connectivity index (χ2v) is 17.0. The van der Waals surface area contributed by atoms with Crippen LogP contribution in [0.25, 0.3) is 0 Å². The van der Waals surface area contributed by atoms with E-state index in [1.165, 1.54) is 48.5 Å². The molecule has 0 radical (unpaired) electrons. The Hall–Kier alpha value is -7.08. The number of aliphatic hydroxyl groups is 2. The van der Waals surface area contributed by atoms with Gasteiger partial charge in [0.1, 0.15) is 35.6 Å². The molecule has 7 nitrogen and oxygen atoms in total. The molecule has 2 saturated heterocycles. The number of anilines is 2. The van der Waals surface area contributed by atoms with E-state index in [0.717, 1.165) is 28.0 Å². The summed E-state index contributed by atoms with van der Waals surface area (Å²) < 4.78 is 59.2. The van der Waals surface area contributed by atoms with Gasteiger partial charge in [-0.15, -0.1) is 0 Å². The number of halogens is 4. The van der Waals surface area contributed by atoms with Gasteiger partial charge < -0.3 is 24.7 Å². The van der Waals surface area contributed by atoms with E-state index < -0.39 is 12.2 Å². The first-order valence-corrected chi connectivity index (χ1v) is 22.3. The van der Waals surface area contributed by atoms with Crippen LogP contribution in [-0.2, 0) is 16.2 Å². The number of amides is 2. The van der Waals surface area contributed by atoms with Crippen molar-refractivity contribution in [2.45, 2.75) is 63.5 Å². The highest BCUT2D eigenvalue weighted by Crippen LogP contribution is 2.48. The molecule has 7 aromatic carbocycles. The fraction of sp³-hybridized carbons (Fsp3) is 0.214. The van der Waals surface area contributed by atoms with Gasteiger partial charge in [0.05, 0.1) is 36.1 Å². The minimum Gasteiger partial charge on any atom is -0.489 e. The molecule has 67 heavy (non-hydrogen) atoms. The fourth-order valence-corrected chi connectivity index (χ4v) is 8.85. The second-order valence-electron chi connectivity index (χ2n) is 17.0. The van der Waals surface area contributed by atoms with Gasteiger partial charge in [0.2, 0.25) is 11.8 Å². The van der Waals surface area contributed by atoms with Crippen molar-refractivity contribution in [1.82, 2.24) is 0 Å². The highest BCUT2D eigenvalue weighted by molar-refractivity contribution is 6.04. The fourth-order valence-electron chi connectivity index (χ4n) is 8.85. The van der Waals surface area contributed by atoms with E-state index in [0.29, 0.717) is 54.8 Å². The Morgan fingerprint density at radius 2 is 0.866 bits per heavy atom. The molecule has 0 unspecified atom stereocenters. The summed E-state index contributed by atoms with van der Waals surface area (Å²) in [7, 11) is 0. The first-order chi connectivity index (χ1) is 32.4. The summed E-state index contributed by atoms with van der Waals surface area (Å²) in [5.41, 5.74) is 6.64. The molecule has 2 aliphatic heterocycles. The maximum absolute atomic E-state index is 13.5. The Morgan fingerprint density at radius 1 is 0.493 bits per heavy atom. The topological polar surface area (TPSA) is 90.3 Å². The van der Waals surface area contributed by atoms with Crippen LogP contribution in [0.4, 0.5) is 28.9 Å². The number of benzene rings is 7. The normalized spacial score (nSPS) is 18.6. The molecular weight excluding hydrogens is 857 g/mol. The Balaban J connectivity index is 0.000000186. The summed E-state index contributed by atoms with van der Waals surface area (Å²) in [6, 6.07) is 48.4. The molecule has 7 aromatic rings. The molecule has 6 atom stereocenters. The Kier molecular flexibility index (Phi) is 14.6. The predicted octanol–water partition coefficient (Wildman–Crippen LogP) is 12.3. The Bertz CT molecular complexity index is 2720. The lowest BCUT2D eigenvalue weighted by atomic mass is 9.78. The van der Waals surface area contributed by atoms with Crippen LogP contribution in [0.2, 0.25) is 0 Å². The standard InChI is InChI=1S/C31H27F2NO3.C25H23F2NO2/c32-24-10-6-22(7-11-24)29(35)19-18-28-30(34(31(28)36)26-14-12-25(33)13-15-26)23-8-16-27(17-9-23)37-20-21-4-2-1-3-5-21;1-16-2-4-18(5-3-16)24-22(14-15-23(29)17-6-8-19(26)9-7-17)25(30)28(24)21-12-10-20(27)11-13-21/h1-17,28-30,35H,18-20H2;2-13,22-24,29H,14-15H2,1H3/t28-,29+,30-;22-,23-,24-/m11/s1. The lowest BCUT2D eigenvalue weighted by Gasteiger charge is -2.48. The summed E-state index contributed by atoms with van der Waals surface area (Å²) >= 11 is 0. The number of aryl methyl sites for hydroxylation is 1. The SMILES string of the molecule is Cc1ccc([C@@H]2[C@@H](CC[C@@H](O)c3ccc(F)cc3)C(=O)N2c2ccc(F)cc2)cc1.O=C1[C@H](CC[C@H](O)c2ccc(F)cc2)[C@@H](c2ccc(OCc3ccccc3)cc2)N1c1ccc(F)cc1. The van der Waals surface area contributed by atoms with Crippen LogP contribution in [-0.4, -0.2) is 22.0 Å².